The standard InChI is InChI=1S/C25H19ClO6/c1-15-25(32-20-5-3-4-18(12-20)29-2)24(28)21-11-10-19(13-23(21)31-15)30-14-22(27)16-6-8-17(26)9-7-16/h3-13H,14H2,1-2H3. The number of benzene rings is 3. The maximum atomic E-state index is 13.0. The van der Waals surface area contributed by atoms with E-state index in [4.69, 9.17) is 30.2 Å². The number of carbonyl (C=O) groups excluding carboxylic acids is 1. The fourth-order valence-electron chi connectivity index (χ4n) is 3.13. The summed E-state index contributed by atoms with van der Waals surface area (Å²) in [5.74, 6) is 1.70. The minimum atomic E-state index is -0.310. The zero-order valence-corrected chi connectivity index (χ0v) is 18.1. The molecule has 1 heterocycles. The monoisotopic (exact) mass is 450 g/mol. The molecule has 6 nitrogen and oxygen atoms in total. The van der Waals surface area contributed by atoms with Crippen molar-refractivity contribution in [3.05, 3.63) is 93.3 Å². The van der Waals surface area contributed by atoms with Crippen LogP contribution in [0.15, 0.2) is 75.9 Å². The Hall–Kier alpha value is -3.77. The predicted octanol–water partition coefficient (Wildman–Crippen LogP) is 5.82. The van der Waals surface area contributed by atoms with Gasteiger partial charge in [-0.1, -0.05) is 17.7 Å². The molecule has 0 saturated carbocycles. The highest BCUT2D eigenvalue weighted by molar-refractivity contribution is 6.30. The number of carbonyl (C=O) groups is 1. The molecule has 0 spiro atoms. The molecule has 0 radical (unpaired) electrons. The summed E-state index contributed by atoms with van der Waals surface area (Å²) in [7, 11) is 1.55. The van der Waals surface area contributed by atoms with Crippen molar-refractivity contribution in [2.45, 2.75) is 6.92 Å². The first-order valence-corrected chi connectivity index (χ1v) is 10.1. The third-order valence-electron chi connectivity index (χ3n) is 4.78. The Morgan fingerprint density at radius 1 is 0.969 bits per heavy atom. The van der Waals surface area contributed by atoms with Crippen molar-refractivity contribution >= 4 is 28.4 Å². The Kier molecular flexibility index (Phi) is 6.14. The Morgan fingerprint density at radius 3 is 2.47 bits per heavy atom. The third kappa shape index (κ3) is 4.60. The SMILES string of the molecule is COc1cccc(Oc2c(C)oc3cc(OCC(=O)c4ccc(Cl)cc4)ccc3c2=O)c1. The van der Waals surface area contributed by atoms with Crippen molar-refractivity contribution in [1.29, 1.82) is 0 Å². The highest BCUT2D eigenvalue weighted by Crippen LogP contribution is 2.29. The van der Waals surface area contributed by atoms with Gasteiger partial charge in [0.05, 0.1) is 12.5 Å². The smallest absolute Gasteiger partial charge is 0.235 e. The van der Waals surface area contributed by atoms with Gasteiger partial charge in [0.15, 0.2) is 12.4 Å². The zero-order chi connectivity index (χ0) is 22.7. The zero-order valence-electron chi connectivity index (χ0n) is 17.4. The summed E-state index contributed by atoms with van der Waals surface area (Å²) in [5.41, 5.74) is 0.522. The van der Waals surface area contributed by atoms with Crippen LogP contribution in [-0.4, -0.2) is 19.5 Å². The number of aryl methyl sites for hydroxylation is 1. The minimum absolute atomic E-state index is 0.0948. The normalized spacial score (nSPS) is 10.7. The molecule has 0 aliphatic rings. The van der Waals surface area contributed by atoms with Crippen LogP contribution < -0.4 is 19.6 Å². The van der Waals surface area contributed by atoms with Gasteiger partial charge in [-0.3, -0.25) is 9.59 Å². The van der Waals surface area contributed by atoms with Gasteiger partial charge in [-0.2, -0.15) is 0 Å². The second-order valence-corrected chi connectivity index (χ2v) is 7.41. The fourth-order valence-corrected chi connectivity index (χ4v) is 3.25. The van der Waals surface area contributed by atoms with Crippen molar-refractivity contribution < 1.29 is 23.4 Å². The van der Waals surface area contributed by atoms with Crippen LogP contribution in [0, 0.1) is 6.92 Å². The van der Waals surface area contributed by atoms with E-state index in [0.717, 1.165) is 0 Å². The second-order valence-electron chi connectivity index (χ2n) is 6.97. The van der Waals surface area contributed by atoms with Gasteiger partial charge < -0.3 is 18.6 Å². The lowest BCUT2D eigenvalue weighted by Gasteiger charge is -2.11. The number of hydrogen-bond acceptors (Lipinski definition) is 6. The number of fused-ring (bicyclic) bond motifs is 1. The van der Waals surface area contributed by atoms with Crippen molar-refractivity contribution in [3.63, 3.8) is 0 Å². The number of hydrogen-bond donors (Lipinski definition) is 0. The van der Waals surface area contributed by atoms with Crippen molar-refractivity contribution in [2.24, 2.45) is 0 Å². The molecule has 0 aliphatic carbocycles. The first-order chi connectivity index (χ1) is 15.4. The lowest BCUT2D eigenvalue weighted by molar-refractivity contribution is 0.0921. The summed E-state index contributed by atoms with van der Waals surface area (Å²) in [5, 5.41) is 0.891. The lowest BCUT2D eigenvalue weighted by atomic mass is 10.1. The topological polar surface area (TPSA) is 75.0 Å². The van der Waals surface area contributed by atoms with Gasteiger partial charge >= 0.3 is 0 Å². The van der Waals surface area contributed by atoms with E-state index in [-0.39, 0.29) is 23.6 Å². The van der Waals surface area contributed by atoms with Crippen LogP contribution in [0.5, 0.6) is 23.0 Å². The molecular weight excluding hydrogens is 432 g/mol. The summed E-state index contributed by atoms with van der Waals surface area (Å²) < 4.78 is 22.4. The van der Waals surface area contributed by atoms with E-state index in [2.05, 4.69) is 0 Å². The van der Waals surface area contributed by atoms with Crippen LogP contribution >= 0.6 is 11.6 Å². The maximum Gasteiger partial charge on any atom is 0.235 e. The number of rotatable bonds is 7. The number of methoxy groups -OCH3 is 1. The molecule has 162 valence electrons. The third-order valence-corrected chi connectivity index (χ3v) is 5.04. The minimum Gasteiger partial charge on any atom is -0.497 e. The van der Waals surface area contributed by atoms with E-state index < -0.39 is 0 Å². The summed E-state index contributed by atoms with van der Waals surface area (Å²) in [4.78, 5) is 25.3. The largest absolute Gasteiger partial charge is 0.497 e. The Labute approximate surface area is 188 Å². The van der Waals surface area contributed by atoms with Gasteiger partial charge in [0, 0.05) is 22.7 Å². The van der Waals surface area contributed by atoms with E-state index in [0.29, 0.717) is 44.6 Å². The highest BCUT2D eigenvalue weighted by Gasteiger charge is 2.15. The van der Waals surface area contributed by atoms with E-state index in [1.54, 1.807) is 80.8 Å². The summed E-state index contributed by atoms with van der Waals surface area (Å²) >= 11 is 5.85. The molecule has 0 amide bonds. The summed E-state index contributed by atoms with van der Waals surface area (Å²) in [6, 6.07) is 18.3. The van der Waals surface area contributed by atoms with Crippen LogP contribution in [0.4, 0.5) is 0 Å². The lowest BCUT2D eigenvalue weighted by Crippen LogP contribution is -2.12. The van der Waals surface area contributed by atoms with Crippen LogP contribution in [0.1, 0.15) is 16.1 Å². The first kappa shape index (κ1) is 21.5. The van der Waals surface area contributed by atoms with E-state index in [1.807, 2.05) is 0 Å². The Bertz CT molecular complexity index is 1340. The molecule has 0 fully saturated rings. The van der Waals surface area contributed by atoms with Gasteiger partial charge in [0.2, 0.25) is 11.2 Å². The molecule has 7 heteroatoms. The highest BCUT2D eigenvalue weighted by atomic mass is 35.5. The van der Waals surface area contributed by atoms with Crippen LogP contribution in [-0.2, 0) is 0 Å². The van der Waals surface area contributed by atoms with E-state index in [9.17, 15) is 9.59 Å². The maximum absolute atomic E-state index is 13.0. The van der Waals surface area contributed by atoms with Gasteiger partial charge in [-0.05, 0) is 55.5 Å². The summed E-state index contributed by atoms with van der Waals surface area (Å²) in [6.45, 7) is 1.49. The molecule has 4 rings (SSSR count). The summed E-state index contributed by atoms with van der Waals surface area (Å²) in [6.07, 6.45) is 0. The van der Waals surface area contributed by atoms with Crippen molar-refractivity contribution in [3.8, 4) is 23.0 Å². The molecule has 4 aromatic rings. The van der Waals surface area contributed by atoms with Crippen LogP contribution in [0.3, 0.4) is 0 Å². The molecule has 32 heavy (non-hydrogen) atoms. The Balaban J connectivity index is 1.55. The molecule has 3 aromatic carbocycles. The van der Waals surface area contributed by atoms with E-state index >= 15 is 0 Å². The number of halogens is 1. The predicted molar refractivity (Wildman–Crippen MR) is 122 cm³/mol. The number of ketones is 1. The quantitative estimate of drug-likeness (QED) is 0.330. The molecule has 0 saturated heterocycles. The molecule has 1 aromatic heterocycles. The molecule has 0 aliphatic heterocycles. The van der Waals surface area contributed by atoms with E-state index in [1.165, 1.54) is 0 Å². The average molecular weight is 451 g/mol. The molecule has 0 atom stereocenters. The average Bonchev–Trinajstić information content (AvgIpc) is 2.80. The van der Waals surface area contributed by atoms with Crippen molar-refractivity contribution in [2.75, 3.05) is 13.7 Å². The second kappa shape index (κ2) is 9.16. The number of ether oxygens (including phenoxy) is 3. The fraction of sp³-hybridized carbons (Fsp3) is 0.120. The molecule has 0 unspecified atom stereocenters. The van der Waals surface area contributed by atoms with Gasteiger partial charge in [0.25, 0.3) is 0 Å². The molecule has 0 bridgehead atoms. The van der Waals surface area contributed by atoms with Crippen LogP contribution in [0.25, 0.3) is 11.0 Å². The van der Waals surface area contributed by atoms with Gasteiger partial charge in [-0.15, -0.1) is 0 Å². The molecule has 0 N–H and O–H groups in total. The van der Waals surface area contributed by atoms with Crippen LogP contribution in [0.2, 0.25) is 5.02 Å². The van der Waals surface area contributed by atoms with Gasteiger partial charge in [-0.25, -0.2) is 0 Å². The van der Waals surface area contributed by atoms with Gasteiger partial charge in [0.1, 0.15) is 28.6 Å². The Morgan fingerprint density at radius 2 is 1.72 bits per heavy atom. The first-order valence-electron chi connectivity index (χ1n) is 9.75. The molecular formula is C25H19ClO6. The van der Waals surface area contributed by atoms with Crippen molar-refractivity contribution in [1.82, 2.24) is 0 Å². The number of Topliss-reactive ketones (excluding diaryl/α,β-unsaturated/α-hetero) is 1.